The molecule has 3 aromatic carbocycles. The van der Waals surface area contributed by atoms with Crippen LogP contribution in [0.25, 0.3) is 21.2 Å². The highest BCUT2D eigenvalue weighted by Crippen LogP contribution is 2.37. The van der Waals surface area contributed by atoms with Gasteiger partial charge >= 0.3 is 5.97 Å². The maximum atomic E-state index is 13.2. The van der Waals surface area contributed by atoms with Gasteiger partial charge in [0, 0.05) is 10.3 Å². The lowest BCUT2D eigenvalue weighted by Crippen LogP contribution is -2.15. The summed E-state index contributed by atoms with van der Waals surface area (Å²) < 4.78 is 34.2. The number of carbonyl (C=O) groups excluding carboxylic acids is 1. The molecule has 0 fully saturated rings. The molecule has 0 aliphatic rings. The van der Waals surface area contributed by atoms with Crippen LogP contribution in [0.5, 0.6) is 0 Å². The predicted molar refractivity (Wildman–Crippen MR) is 120 cm³/mol. The Hall–Kier alpha value is -3.16. The van der Waals surface area contributed by atoms with Gasteiger partial charge in [0.15, 0.2) is 0 Å². The van der Waals surface area contributed by atoms with E-state index in [0.717, 1.165) is 15.8 Å². The Morgan fingerprint density at radius 2 is 1.67 bits per heavy atom. The Morgan fingerprint density at radius 3 is 2.43 bits per heavy atom. The summed E-state index contributed by atoms with van der Waals surface area (Å²) in [5.41, 5.74) is 1.09. The molecular formula is C23H19NO4S2. The number of thiophene rings is 1. The highest BCUT2D eigenvalue weighted by atomic mass is 32.2. The van der Waals surface area contributed by atoms with E-state index >= 15 is 0 Å². The SMILES string of the molecule is CCOC(=O)c1cc(-c2ccccc2)sc1NS(=O)(=O)c1cccc2ccccc12. The lowest BCUT2D eigenvalue weighted by atomic mass is 10.1. The first-order chi connectivity index (χ1) is 14.5. The van der Waals surface area contributed by atoms with Crippen molar-refractivity contribution in [1.29, 1.82) is 0 Å². The maximum Gasteiger partial charge on any atom is 0.341 e. The number of ether oxygens (including phenoxy) is 1. The molecule has 1 N–H and O–H groups in total. The first-order valence-electron chi connectivity index (χ1n) is 9.36. The Morgan fingerprint density at radius 1 is 0.967 bits per heavy atom. The van der Waals surface area contributed by atoms with Crippen LogP contribution in [0.15, 0.2) is 83.8 Å². The number of anilines is 1. The summed E-state index contributed by atoms with van der Waals surface area (Å²) in [6, 6.07) is 23.5. The Balaban J connectivity index is 1.79. The number of hydrogen-bond acceptors (Lipinski definition) is 5. The van der Waals surface area contributed by atoms with E-state index in [1.807, 2.05) is 48.5 Å². The number of hydrogen-bond donors (Lipinski definition) is 1. The Kier molecular flexibility index (Phi) is 5.57. The van der Waals surface area contributed by atoms with Crippen LogP contribution in [-0.4, -0.2) is 21.0 Å². The van der Waals surface area contributed by atoms with Crippen LogP contribution in [0.1, 0.15) is 17.3 Å². The number of benzene rings is 3. The van der Waals surface area contributed by atoms with Gasteiger partial charge in [-0.25, -0.2) is 13.2 Å². The van der Waals surface area contributed by atoms with Gasteiger partial charge in [-0.15, -0.1) is 11.3 Å². The van der Waals surface area contributed by atoms with Crippen molar-refractivity contribution in [2.75, 3.05) is 11.3 Å². The first kappa shape index (κ1) is 20.1. The number of nitrogens with one attached hydrogen (secondary N) is 1. The normalized spacial score (nSPS) is 11.4. The molecule has 0 unspecified atom stereocenters. The van der Waals surface area contributed by atoms with Crippen molar-refractivity contribution in [2.24, 2.45) is 0 Å². The lowest BCUT2D eigenvalue weighted by Gasteiger charge is -2.10. The third-order valence-electron chi connectivity index (χ3n) is 4.55. The molecule has 1 aromatic heterocycles. The minimum Gasteiger partial charge on any atom is -0.462 e. The summed E-state index contributed by atoms with van der Waals surface area (Å²) in [5, 5.41) is 1.67. The van der Waals surface area contributed by atoms with Gasteiger partial charge in [-0.05, 0) is 30.0 Å². The molecule has 0 amide bonds. The Bertz CT molecular complexity index is 1310. The second-order valence-corrected chi connectivity index (χ2v) is 9.23. The summed E-state index contributed by atoms with van der Waals surface area (Å²) in [7, 11) is -3.93. The van der Waals surface area contributed by atoms with Gasteiger partial charge in [0.2, 0.25) is 0 Å². The molecule has 0 spiro atoms. The fraction of sp³-hybridized carbons (Fsp3) is 0.0870. The molecule has 0 aliphatic carbocycles. The van der Waals surface area contributed by atoms with Crippen LogP contribution >= 0.6 is 11.3 Å². The lowest BCUT2D eigenvalue weighted by molar-refractivity contribution is 0.0528. The summed E-state index contributed by atoms with van der Waals surface area (Å²) in [6.45, 7) is 1.91. The van der Waals surface area contributed by atoms with Gasteiger partial charge in [-0.2, -0.15) is 0 Å². The molecule has 30 heavy (non-hydrogen) atoms. The summed E-state index contributed by atoms with van der Waals surface area (Å²) >= 11 is 1.20. The van der Waals surface area contributed by atoms with Crippen molar-refractivity contribution in [3.05, 3.63) is 84.4 Å². The fourth-order valence-corrected chi connectivity index (χ4v) is 5.77. The monoisotopic (exact) mass is 437 g/mol. The highest BCUT2D eigenvalue weighted by Gasteiger charge is 2.24. The van der Waals surface area contributed by atoms with Crippen molar-refractivity contribution < 1.29 is 17.9 Å². The average molecular weight is 438 g/mol. The standard InChI is InChI=1S/C23H19NO4S2/c1-2-28-23(25)19-15-20(17-10-4-3-5-11-17)29-22(19)24-30(26,27)21-14-8-12-16-9-6-7-13-18(16)21/h3-15,24H,2H2,1H3. The Labute approximate surface area is 179 Å². The van der Waals surface area contributed by atoms with Crippen molar-refractivity contribution >= 4 is 43.1 Å². The summed E-state index contributed by atoms with van der Waals surface area (Å²) in [6.07, 6.45) is 0. The third-order valence-corrected chi connectivity index (χ3v) is 7.19. The minimum absolute atomic E-state index is 0.157. The van der Waals surface area contributed by atoms with Crippen LogP contribution in [0, 0.1) is 0 Å². The predicted octanol–water partition coefficient (Wildman–Crippen LogP) is 5.55. The molecule has 0 aliphatic heterocycles. The average Bonchev–Trinajstić information content (AvgIpc) is 3.17. The van der Waals surface area contributed by atoms with E-state index in [9.17, 15) is 13.2 Å². The summed E-state index contributed by atoms with van der Waals surface area (Å²) in [5.74, 6) is -0.563. The largest absolute Gasteiger partial charge is 0.462 e. The minimum atomic E-state index is -3.93. The molecule has 1 heterocycles. The van der Waals surface area contributed by atoms with Crippen molar-refractivity contribution in [3.63, 3.8) is 0 Å². The number of esters is 1. The molecule has 0 bridgehead atoms. The van der Waals surface area contributed by atoms with Crippen LogP contribution in [0.3, 0.4) is 0 Å². The second-order valence-electron chi connectivity index (χ2n) is 6.52. The smallest absolute Gasteiger partial charge is 0.341 e. The van der Waals surface area contributed by atoms with Crippen LogP contribution in [-0.2, 0) is 14.8 Å². The molecule has 4 aromatic rings. The number of sulfonamides is 1. The van der Waals surface area contributed by atoms with Crippen molar-refractivity contribution in [1.82, 2.24) is 0 Å². The van der Waals surface area contributed by atoms with Gasteiger partial charge in [0.1, 0.15) is 5.00 Å². The molecule has 0 atom stereocenters. The van der Waals surface area contributed by atoms with Gasteiger partial charge in [-0.1, -0.05) is 66.7 Å². The molecule has 152 valence electrons. The van der Waals surface area contributed by atoms with Gasteiger partial charge < -0.3 is 4.74 Å². The highest BCUT2D eigenvalue weighted by molar-refractivity contribution is 7.93. The van der Waals surface area contributed by atoms with Crippen LogP contribution in [0.4, 0.5) is 5.00 Å². The second kappa shape index (κ2) is 8.30. The molecule has 4 rings (SSSR count). The number of carbonyl (C=O) groups is 1. The number of rotatable bonds is 6. The van der Waals surface area contributed by atoms with E-state index in [2.05, 4.69) is 4.72 Å². The molecule has 7 heteroatoms. The molecular weight excluding hydrogens is 418 g/mol. The molecule has 0 saturated carbocycles. The zero-order valence-corrected chi connectivity index (χ0v) is 17.8. The first-order valence-corrected chi connectivity index (χ1v) is 11.7. The van der Waals surface area contributed by atoms with Gasteiger partial charge in [0.05, 0.1) is 17.1 Å². The quantitative estimate of drug-likeness (QED) is 0.402. The molecule has 0 radical (unpaired) electrons. The third kappa shape index (κ3) is 3.94. The number of fused-ring (bicyclic) bond motifs is 1. The van der Waals surface area contributed by atoms with Gasteiger partial charge in [0.25, 0.3) is 10.0 Å². The summed E-state index contributed by atoms with van der Waals surface area (Å²) in [4.78, 5) is 13.4. The van der Waals surface area contributed by atoms with Crippen molar-refractivity contribution in [3.8, 4) is 10.4 Å². The van der Waals surface area contributed by atoms with E-state index in [1.54, 1.807) is 37.3 Å². The van der Waals surface area contributed by atoms with E-state index in [0.29, 0.717) is 5.39 Å². The van der Waals surface area contributed by atoms with Crippen molar-refractivity contribution in [2.45, 2.75) is 11.8 Å². The molecule has 5 nitrogen and oxygen atoms in total. The van der Waals surface area contributed by atoms with Gasteiger partial charge in [-0.3, -0.25) is 4.72 Å². The zero-order valence-electron chi connectivity index (χ0n) is 16.2. The van der Waals surface area contributed by atoms with Crippen LogP contribution < -0.4 is 4.72 Å². The topological polar surface area (TPSA) is 72.5 Å². The van der Waals surface area contributed by atoms with E-state index in [1.165, 1.54) is 11.3 Å². The van der Waals surface area contributed by atoms with E-state index in [4.69, 9.17) is 4.74 Å². The maximum absolute atomic E-state index is 13.2. The van der Waals surface area contributed by atoms with E-state index in [-0.39, 0.29) is 22.1 Å². The fourth-order valence-electron chi connectivity index (χ4n) is 3.18. The van der Waals surface area contributed by atoms with E-state index < -0.39 is 16.0 Å². The zero-order chi connectivity index (χ0) is 21.1. The van der Waals surface area contributed by atoms with Crippen LogP contribution in [0.2, 0.25) is 0 Å². The molecule has 0 saturated heterocycles.